The van der Waals surface area contributed by atoms with Gasteiger partial charge in [-0.05, 0) is 37.8 Å². The number of amides is 2. The highest BCUT2D eigenvalue weighted by molar-refractivity contribution is 5.92. The van der Waals surface area contributed by atoms with E-state index in [4.69, 9.17) is 0 Å². The van der Waals surface area contributed by atoms with Crippen molar-refractivity contribution >= 4 is 23.7 Å². The molecule has 5 heteroatoms. The van der Waals surface area contributed by atoms with E-state index in [0.29, 0.717) is 32.4 Å². The summed E-state index contributed by atoms with van der Waals surface area (Å²) in [6, 6.07) is 9.28. The molecule has 0 bridgehead atoms. The van der Waals surface area contributed by atoms with Crippen LogP contribution in [0.5, 0.6) is 0 Å². The number of carbonyl (C=O) groups is 3. The van der Waals surface area contributed by atoms with Crippen LogP contribution in [0.1, 0.15) is 38.7 Å². The van der Waals surface area contributed by atoms with Crippen LogP contribution in [0.25, 0.3) is 6.08 Å². The number of hydrogen-bond donors (Lipinski definition) is 1. The minimum absolute atomic E-state index is 0.0190. The van der Waals surface area contributed by atoms with Gasteiger partial charge in [-0.3, -0.25) is 14.4 Å². The minimum atomic E-state index is -0.402. The first-order valence-corrected chi connectivity index (χ1v) is 8.84. The van der Waals surface area contributed by atoms with Crippen LogP contribution in [0.15, 0.2) is 36.4 Å². The summed E-state index contributed by atoms with van der Waals surface area (Å²) in [6.45, 7) is 4.50. The van der Waals surface area contributed by atoms with Gasteiger partial charge < -0.3 is 10.2 Å². The van der Waals surface area contributed by atoms with Gasteiger partial charge in [0.15, 0.2) is 5.78 Å². The van der Waals surface area contributed by atoms with Crippen molar-refractivity contribution in [1.29, 1.82) is 0 Å². The number of nitrogens with zero attached hydrogens (tertiary/aromatic N) is 1. The van der Waals surface area contributed by atoms with Crippen LogP contribution in [-0.4, -0.2) is 41.6 Å². The highest BCUT2D eigenvalue weighted by Crippen LogP contribution is 2.18. The van der Waals surface area contributed by atoms with Gasteiger partial charge in [0.1, 0.15) is 0 Å². The maximum atomic E-state index is 12.3. The third-order valence-electron chi connectivity index (χ3n) is 4.61. The molecule has 2 amide bonds. The fourth-order valence-electron chi connectivity index (χ4n) is 2.98. The molecule has 1 N–H and O–H groups in total. The van der Waals surface area contributed by atoms with Crippen molar-refractivity contribution in [2.24, 2.45) is 5.92 Å². The molecule has 0 saturated carbocycles. The van der Waals surface area contributed by atoms with E-state index in [-0.39, 0.29) is 23.5 Å². The Labute approximate surface area is 149 Å². The van der Waals surface area contributed by atoms with E-state index in [0.717, 1.165) is 5.56 Å². The molecule has 1 saturated heterocycles. The van der Waals surface area contributed by atoms with E-state index in [2.05, 4.69) is 5.32 Å². The highest BCUT2D eigenvalue weighted by atomic mass is 16.2. The Morgan fingerprint density at radius 2 is 1.84 bits per heavy atom. The normalized spacial score (nSPS) is 16.6. The summed E-state index contributed by atoms with van der Waals surface area (Å²) in [5.41, 5.74) is 0.986. The largest absolute Gasteiger partial charge is 0.346 e. The summed E-state index contributed by atoms with van der Waals surface area (Å²) < 4.78 is 0. The Kier molecular flexibility index (Phi) is 6.92. The van der Waals surface area contributed by atoms with Gasteiger partial charge in [-0.25, -0.2) is 0 Å². The van der Waals surface area contributed by atoms with E-state index in [1.54, 1.807) is 17.1 Å². The molecule has 0 aromatic heterocycles. The third kappa shape index (κ3) is 5.55. The molecule has 134 valence electrons. The quantitative estimate of drug-likeness (QED) is 0.808. The zero-order chi connectivity index (χ0) is 18.2. The summed E-state index contributed by atoms with van der Waals surface area (Å²) in [6.07, 6.45) is 5.25. The Bertz CT molecular complexity index is 632. The van der Waals surface area contributed by atoms with Crippen LogP contribution in [-0.2, 0) is 14.4 Å². The number of hydrogen-bond acceptors (Lipinski definition) is 3. The lowest BCUT2D eigenvalue weighted by Gasteiger charge is -2.31. The van der Waals surface area contributed by atoms with Gasteiger partial charge in [0.2, 0.25) is 11.8 Å². The average Bonchev–Trinajstić information content (AvgIpc) is 2.64. The molecule has 1 aliphatic rings. The number of nitrogens with one attached hydrogen (secondary N) is 1. The Balaban J connectivity index is 1.82. The van der Waals surface area contributed by atoms with E-state index in [9.17, 15) is 14.4 Å². The van der Waals surface area contributed by atoms with Crippen molar-refractivity contribution in [3.05, 3.63) is 42.0 Å². The number of benzene rings is 1. The fraction of sp³-hybridized carbons (Fsp3) is 0.450. The molecular weight excluding hydrogens is 316 g/mol. The zero-order valence-electron chi connectivity index (χ0n) is 14.9. The van der Waals surface area contributed by atoms with Crippen LogP contribution in [0.3, 0.4) is 0 Å². The number of Topliss-reactive ketones (excluding diaryl/α,β-unsaturated/α-hetero) is 1. The van der Waals surface area contributed by atoms with Crippen molar-refractivity contribution in [3.63, 3.8) is 0 Å². The molecule has 1 aromatic rings. The first kappa shape index (κ1) is 18.9. The second kappa shape index (κ2) is 9.16. The molecule has 1 atom stereocenters. The molecule has 1 fully saturated rings. The van der Waals surface area contributed by atoms with Gasteiger partial charge in [-0.2, -0.15) is 0 Å². The van der Waals surface area contributed by atoms with Crippen molar-refractivity contribution in [1.82, 2.24) is 10.2 Å². The van der Waals surface area contributed by atoms with Crippen LogP contribution in [0.4, 0.5) is 0 Å². The second-order valence-corrected chi connectivity index (χ2v) is 6.42. The van der Waals surface area contributed by atoms with Crippen molar-refractivity contribution < 1.29 is 14.4 Å². The molecule has 0 spiro atoms. The monoisotopic (exact) mass is 342 g/mol. The van der Waals surface area contributed by atoms with Crippen molar-refractivity contribution in [2.45, 2.75) is 39.2 Å². The van der Waals surface area contributed by atoms with Gasteiger partial charge in [0, 0.05) is 25.1 Å². The minimum Gasteiger partial charge on any atom is -0.346 e. The van der Waals surface area contributed by atoms with E-state index < -0.39 is 6.04 Å². The van der Waals surface area contributed by atoms with Crippen LogP contribution < -0.4 is 5.32 Å². The van der Waals surface area contributed by atoms with Gasteiger partial charge in [0.25, 0.3) is 0 Å². The zero-order valence-corrected chi connectivity index (χ0v) is 14.9. The number of rotatable bonds is 6. The van der Waals surface area contributed by atoms with Crippen LogP contribution >= 0.6 is 0 Å². The lowest BCUT2D eigenvalue weighted by Crippen LogP contribution is -2.46. The predicted molar refractivity (Wildman–Crippen MR) is 97.7 cm³/mol. The molecule has 5 nitrogen and oxygen atoms in total. The molecular formula is C20H26N2O3. The summed E-state index contributed by atoms with van der Waals surface area (Å²) in [7, 11) is 0. The van der Waals surface area contributed by atoms with Gasteiger partial charge in [-0.15, -0.1) is 0 Å². The van der Waals surface area contributed by atoms with Crippen molar-refractivity contribution in [3.8, 4) is 0 Å². The number of ketones is 1. The average molecular weight is 342 g/mol. The SMILES string of the molecule is CCC(NC(=O)C1CCN(C(=O)/C=C/c2ccccc2)CC1)C(C)=O. The number of piperidine rings is 1. The summed E-state index contributed by atoms with van der Waals surface area (Å²) in [5, 5.41) is 2.82. The van der Waals surface area contributed by atoms with Gasteiger partial charge >= 0.3 is 0 Å². The maximum absolute atomic E-state index is 12.3. The Morgan fingerprint density at radius 3 is 2.40 bits per heavy atom. The summed E-state index contributed by atoms with van der Waals surface area (Å²) in [4.78, 5) is 37.8. The fourth-order valence-corrected chi connectivity index (χ4v) is 2.98. The standard InChI is InChI=1S/C20H26N2O3/c1-3-18(15(2)23)21-20(25)17-11-13-22(14-12-17)19(24)10-9-16-7-5-4-6-8-16/h4-10,17-18H,3,11-14H2,1-2H3,(H,21,25)/b10-9+. The molecule has 25 heavy (non-hydrogen) atoms. The smallest absolute Gasteiger partial charge is 0.246 e. The van der Waals surface area contributed by atoms with Gasteiger partial charge in [0.05, 0.1) is 6.04 Å². The topological polar surface area (TPSA) is 66.5 Å². The summed E-state index contributed by atoms with van der Waals surface area (Å²) in [5.74, 6) is -0.253. The lowest BCUT2D eigenvalue weighted by molar-refractivity contribution is -0.133. The van der Waals surface area contributed by atoms with Crippen molar-refractivity contribution in [2.75, 3.05) is 13.1 Å². The molecule has 1 heterocycles. The van der Waals surface area contributed by atoms with Gasteiger partial charge in [-0.1, -0.05) is 37.3 Å². The third-order valence-corrected chi connectivity index (χ3v) is 4.61. The summed E-state index contributed by atoms with van der Waals surface area (Å²) >= 11 is 0. The first-order chi connectivity index (χ1) is 12.0. The molecule has 1 aliphatic heterocycles. The van der Waals surface area contributed by atoms with E-state index in [1.165, 1.54) is 6.92 Å². The number of likely N-dealkylation sites (tertiary alicyclic amines) is 1. The Morgan fingerprint density at radius 1 is 1.20 bits per heavy atom. The Hall–Kier alpha value is -2.43. The molecule has 0 radical (unpaired) electrons. The molecule has 2 rings (SSSR count). The van der Waals surface area contributed by atoms with E-state index >= 15 is 0 Å². The van der Waals surface area contributed by atoms with Crippen LogP contribution in [0.2, 0.25) is 0 Å². The highest BCUT2D eigenvalue weighted by Gasteiger charge is 2.28. The molecule has 1 aromatic carbocycles. The lowest BCUT2D eigenvalue weighted by atomic mass is 9.95. The predicted octanol–water partition coefficient (Wildman–Crippen LogP) is 2.42. The molecule has 1 unspecified atom stereocenters. The van der Waals surface area contributed by atoms with E-state index in [1.807, 2.05) is 37.3 Å². The first-order valence-electron chi connectivity index (χ1n) is 8.84. The maximum Gasteiger partial charge on any atom is 0.246 e. The molecule has 0 aliphatic carbocycles. The van der Waals surface area contributed by atoms with Crippen LogP contribution in [0, 0.1) is 5.92 Å². The number of carbonyl (C=O) groups excluding carboxylic acids is 3. The second-order valence-electron chi connectivity index (χ2n) is 6.42.